The average molecular weight is 154 g/mol. The SMILES string of the molecule is CC.Cc1ccc(CN)n1C. The first-order valence-electron chi connectivity index (χ1n) is 4.07. The van der Waals surface area contributed by atoms with Crippen molar-refractivity contribution in [1.29, 1.82) is 0 Å². The van der Waals surface area contributed by atoms with E-state index in [9.17, 15) is 0 Å². The lowest BCUT2D eigenvalue weighted by Crippen LogP contribution is -2.03. The Labute approximate surface area is 69.0 Å². The Kier molecular flexibility index (Phi) is 4.62. The lowest BCUT2D eigenvalue weighted by Gasteiger charge is -1.99. The molecule has 0 amide bonds. The van der Waals surface area contributed by atoms with Gasteiger partial charge in [0.1, 0.15) is 0 Å². The third-order valence-corrected chi connectivity index (χ3v) is 1.69. The molecule has 0 aromatic carbocycles. The molecule has 2 N–H and O–H groups in total. The molecule has 11 heavy (non-hydrogen) atoms. The quantitative estimate of drug-likeness (QED) is 0.657. The summed E-state index contributed by atoms with van der Waals surface area (Å²) in [6.07, 6.45) is 0. The van der Waals surface area contributed by atoms with Crippen LogP contribution in [0.15, 0.2) is 12.1 Å². The molecule has 2 nitrogen and oxygen atoms in total. The molecule has 0 aliphatic heterocycles. The van der Waals surface area contributed by atoms with Crippen LogP contribution in [0.25, 0.3) is 0 Å². The molecule has 1 rings (SSSR count). The highest BCUT2D eigenvalue weighted by atomic mass is 15.0. The molecule has 1 heterocycles. The van der Waals surface area contributed by atoms with Gasteiger partial charge in [0, 0.05) is 25.0 Å². The first-order chi connectivity index (χ1) is 5.25. The third kappa shape index (κ3) is 2.39. The molecule has 0 spiro atoms. The molecule has 0 aliphatic rings. The Morgan fingerprint density at radius 3 is 2.09 bits per heavy atom. The van der Waals surface area contributed by atoms with Crippen LogP contribution in [-0.2, 0) is 13.6 Å². The summed E-state index contributed by atoms with van der Waals surface area (Å²) in [4.78, 5) is 0. The zero-order valence-corrected chi connectivity index (χ0v) is 7.89. The molecular formula is C9H18N2. The molecule has 64 valence electrons. The fourth-order valence-electron chi connectivity index (χ4n) is 0.872. The number of hydrogen-bond acceptors (Lipinski definition) is 1. The van der Waals surface area contributed by atoms with Gasteiger partial charge in [-0.1, -0.05) is 13.8 Å². The van der Waals surface area contributed by atoms with Crippen LogP contribution in [-0.4, -0.2) is 4.57 Å². The van der Waals surface area contributed by atoms with Crippen molar-refractivity contribution in [3.05, 3.63) is 23.5 Å². The lowest BCUT2D eigenvalue weighted by molar-refractivity contribution is 0.797. The van der Waals surface area contributed by atoms with Crippen LogP contribution in [0.3, 0.4) is 0 Å². The molecule has 0 saturated carbocycles. The maximum absolute atomic E-state index is 5.44. The summed E-state index contributed by atoms with van der Waals surface area (Å²) in [7, 11) is 2.03. The lowest BCUT2D eigenvalue weighted by atomic mass is 10.4. The third-order valence-electron chi connectivity index (χ3n) is 1.69. The summed E-state index contributed by atoms with van der Waals surface area (Å²) in [6, 6.07) is 4.12. The summed E-state index contributed by atoms with van der Waals surface area (Å²) >= 11 is 0. The van der Waals surface area contributed by atoms with Gasteiger partial charge >= 0.3 is 0 Å². The van der Waals surface area contributed by atoms with Crippen molar-refractivity contribution in [3.63, 3.8) is 0 Å². The monoisotopic (exact) mass is 154 g/mol. The maximum Gasteiger partial charge on any atom is 0.0334 e. The van der Waals surface area contributed by atoms with E-state index in [0.29, 0.717) is 6.54 Å². The second kappa shape index (κ2) is 4.97. The topological polar surface area (TPSA) is 30.9 Å². The Bertz CT molecular complexity index is 201. The van der Waals surface area contributed by atoms with Crippen molar-refractivity contribution in [2.75, 3.05) is 0 Å². The van der Waals surface area contributed by atoms with E-state index in [1.54, 1.807) is 0 Å². The largest absolute Gasteiger partial charge is 0.351 e. The summed E-state index contributed by atoms with van der Waals surface area (Å²) < 4.78 is 2.10. The van der Waals surface area contributed by atoms with Gasteiger partial charge in [0.15, 0.2) is 0 Å². The fraction of sp³-hybridized carbons (Fsp3) is 0.556. The van der Waals surface area contributed by atoms with Crippen LogP contribution in [0.2, 0.25) is 0 Å². The number of aromatic nitrogens is 1. The van der Waals surface area contributed by atoms with Crippen LogP contribution in [0.4, 0.5) is 0 Å². The molecule has 0 aliphatic carbocycles. The molecule has 0 saturated heterocycles. The summed E-state index contributed by atoms with van der Waals surface area (Å²) in [6.45, 7) is 6.70. The van der Waals surface area contributed by atoms with E-state index in [4.69, 9.17) is 5.73 Å². The van der Waals surface area contributed by atoms with Crippen LogP contribution < -0.4 is 5.73 Å². The molecule has 0 atom stereocenters. The van der Waals surface area contributed by atoms with E-state index in [2.05, 4.69) is 23.6 Å². The molecular weight excluding hydrogens is 136 g/mol. The highest BCUT2D eigenvalue weighted by Crippen LogP contribution is 2.03. The molecule has 2 heteroatoms. The minimum absolute atomic E-state index is 0.629. The second-order valence-electron chi connectivity index (χ2n) is 2.23. The normalized spacial score (nSPS) is 8.82. The standard InChI is InChI=1S/C7H12N2.C2H6/c1-6-3-4-7(5-8)9(6)2;1-2/h3-4H,5,8H2,1-2H3;1-2H3. The van der Waals surface area contributed by atoms with Crippen LogP contribution in [0.5, 0.6) is 0 Å². The van der Waals surface area contributed by atoms with E-state index in [0.717, 1.165) is 0 Å². The van der Waals surface area contributed by atoms with E-state index in [1.165, 1.54) is 11.4 Å². The van der Waals surface area contributed by atoms with Gasteiger partial charge in [0.05, 0.1) is 0 Å². The van der Waals surface area contributed by atoms with Gasteiger partial charge in [-0.2, -0.15) is 0 Å². The Morgan fingerprint density at radius 2 is 1.91 bits per heavy atom. The van der Waals surface area contributed by atoms with Gasteiger partial charge < -0.3 is 10.3 Å². The van der Waals surface area contributed by atoms with Crippen LogP contribution in [0, 0.1) is 6.92 Å². The highest BCUT2D eigenvalue weighted by Gasteiger charge is 1.95. The van der Waals surface area contributed by atoms with Crippen molar-refractivity contribution in [3.8, 4) is 0 Å². The predicted octanol–water partition coefficient (Wildman–Crippen LogP) is 1.82. The number of rotatable bonds is 1. The Balaban J connectivity index is 0.000000461. The van der Waals surface area contributed by atoms with Crippen molar-refractivity contribution < 1.29 is 0 Å². The first kappa shape index (κ1) is 10.2. The van der Waals surface area contributed by atoms with Gasteiger partial charge in [-0.15, -0.1) is 0 Å². The molecule has 0 bridgehead atoms. The summed E-state index contributed by atoms with van der Waals surface area (Å²) in [5.74, 6) is 0. The van der Waals surface area contributed by atoms with Gasteiger partial charge in [-0.3, -0.25) is 0 Å². The van der Waals surface area contributed by atoms with Crippen molar-refractivity contribution in [2.45, 2.75) is 27.3 Å². The highest BCUT2D eigenvalue weighted by molar-refractivity contribution is 5.13. The van der Waals surface area contributed by atoms with Crippen molar-refractivity contribution >= 4 is 0 Å². The van der Waals surface area contributed by atoms with E-state index < -0.39 is 0 Å². The van der Waals surface area contributed by atoms with Gasteiger partial charge in [0.2, 0.25) is 0 Å². The minimum Gasteiger partial charge on any atom is -0.351 e. The van der Waals surface area contributed by atoms with E-state index in [1.807, 2.05) is 20.9 Å². The van der Waals surface area contributed by atoms with Gasteiger partial charge in [-0.05, 0) is 19.1 Å². The van der Waals surface area contributed by atoms with Gasteiger partial charge in [-0.25, -0.2) is 0 Å². The summed E-state index contributed by atoms with van der Waals surface area (Å²) in [5.41, 5.74) is 7.89. The van der Waals surface area contributed by atoms with Crippen molar-refractivity contribution in [1.82, 2.24) is 4.57 Å². The Hall–Kier alpha value is -0.760. The molecule has 1 aromatic heterocycles. The first-order valence-corrected chi connectivity index (χ1v) is 4.07. The number of hydrogen-bond donors (Lipinski definition) is 1. The van der Waals surface area contributed by atoms with E-state index >= 15 is 0 Å². The van der Waals surface area contributed by atoms with Crippen LogP contribution >= 0.6 is 0 Å². The number of nitrogens with zero attached hydrogens (tertiary/aromatic N) is 1. The Morgan fingerprint density at radius 1 is 1.36 bits per heavy atom. The van der Waals surface area contributed by atoms with E-state index in [-0.39, 0.29) is 0 Å². The number of aryl methyl sites for hydroxylation is 1. The molecule has 0 unspecified atom stereocenters. The zero-order chi connectivity index (χ0) is 8.85. The fourth-order valence-corrected chi connectivity index (χ4v) is 0.872. The molecule has 0 radical (unpaired) electrons. The minimum atomic E-state index is 0.629. The van der Waals surface area contributed by atoms with Crippen LogP contribution in [0.1, 0.15) is 25.2 Å². The molecule has 0 fully saturated rings. The van der Waals surface area contributed by atoms with Crippen molar-refractivity contribution in [2.24, 2.45) is 12.8 Å². The predicted molar refractivity (Wildman–Crippen MR) is 49.4 cm³/mol. The average Bonchev–Trinajstić information content (AvgIpc) is 2.37. The second-order valence-corrected chi connectivity index (χ2v) is 2.23. The smallest absolute Gasteiger partial charge is 0.0334 e. The van der Waals surface area contributed by atoms with Gasteiger partial charge in [0.25, 0.3) is 0 Å². The molecule has 1 aromatic rings. The zero-order valence-electron chi connectivity index (χ0n) is 7.89. The maximum atomic E-state index is 5.44. The summed E-state index contributed by atoms with van der Waals surface area (Å²) in [5, 5.41) is 0. The number of nitrogens with two attached hydrogens (primary N) is 1.